The van der Waals surface area contributed by atoms with Crippen molar-refractivity contribution in [1.82, 2.24) is 29.0 Å². The van der Waals surface area contributed by atoms with E-state index in [1.54, 1.807) is 21.5 Å². The van der Waals surface area contributed by atoms with Gasteiger partial charge in [-0.15, -0.1) is 0 Å². The maximum Gasteiger partial charge on any atom is 0.243 e. The van der Waals surface area contributed by atoms with Crippen LogP contribution in [0, 0.1) is 11.7 Å². The molecule has 0 aliphatic carbocycles. The summed E-state index contributed by atoms with van der Waals surface area (Å²) < 4.78 is 31.0. The topological polar surface area (TPSA) is 76.3 Å². The van der Waals surface area contributed by atoms with E-state index in [1.807, 2.05) is 49.4 Å². The van der Waals surface area contributed by atoms with Crippen LogP contribution in [0.15, 0.2) is 59.5 Å². The van der Waals surface area contributed by atoms with Crippen LogP contribution in [0.3, 0.4) is 0 Å². The number of para-hydroxylation sites is 1. The van der Waals surface area contributed by atoms with Crippen molar-refractivity contribution >= 4 is 22.2 Å². The number of piperazine rings is 1. The van der Waals surface area contributed by atoms with Gasteiger partial charge in [0.2, 0.25) is 14.8 Å². The van der Waals surface area contributed by atoms with Crippen LogP contribution in [-0.2, 0) is 16.7 Å². The van der Waals surface area contributed by atoms with Gasteiger partial charge in [0.25, 0.3) is 0 Å². The smallest absolute Gasteiger partial charge is 0.243 e. The fourth-order valence-electron chi connectivity index (χ4n) is 3.25. The van der Waals surface area contributed by atoms with Crippen molar-refractivity contribution in [2.45, 2.75) is 18.5 Å². The molecule has 0 radical (unpaired) electrons. The van der Waals surface area contributed by atoms with E-state index in [0.29, 0.717) is 42.5 Å². The van der Waals surface area contributed by atoms with Crippen LogP contribution in [-0.4, -0.2) is 63.6 Å². The molecule has 0 bridgehead atoms. The molecule has 29 heavy (non-hydrogen) atoms. The van der Waals surface area contributed by atoms with Gasteiger partial charge in [-0.3, -0.25) is 4.90 Å². The third-order valence-corrected chi connectivity index (χ3v) is 7.26. The average Bonchev–Trinajstić information content (AvgIpc) is 3.09. The molecule has 0 saturated carbocycles. The summed E-state index contributed by atoms with van der Waals surface area (Å²) in [5.41, 5.74) is 1.90. The number of aromatic nitrogens is 4. The normalized spacial score (nSPS) is 16.2. The Morgan fingerprint density at radius 1 is 0.931 bits per heavy atom. The van der Waals surface area contributed by atoms with E-state index in [2.05, 4.69) is 15.3 Å². The first-order chi connectivity index (χ1) is 13.9. The monoisotopic (exact) mass is 430 g/mol. The van der Waals surface area contributed by atoms with Crippen LogP contribution in [0.5, 0.6) is 0 Å². The lowest BCUT2D eigenvalue weighted by atomic mass is 10.2. The third kappa shape index (κ3) is 4.15. The van der Waals surface area contributed by atoms with Crippen LogP contribution in [0.25, 0.3) is 5.69 Å². The Kier molecular flexibility index (Phi) is 5.59. The first-order valence-corrected chi connectivity index (χ1v) is 11.2. The highest BCUT2D eigenvalue weighted by Crippen LogP contribution is 2.18. The summed E-state index contributed by atoms with van der Waals surface area (Å²) in [6, 6.07) is 16.6. The van der Waals surface area contributed by atoms with Gasteiger partial charge in [0.05, 0.1) is 17.3 Å². The zero-order chi connectivity index (χ0) is 20.4. The minimum absolute atomic E-state index is 0.338. The van der Waals surface area contributed by atoms with E-state index < -0.39 is 10.0 Å². The summed E-state index contributed by atoms with van der Waals surface area (Å²) in [5.74, 6) is 0. The maximum atomic E-state index is 12.8. The van der Waals surface area contributed by atoms with Gasteiger partial charge < -0.3 is 0 Å². The molecule has 8 nitrogen and oxygen atoms in total. The van der Waals surface area contributed by atoms with Crippen molar-refractivity contribution in [1.29, 1.82) is 0 Å². The van der Waals surface area contributed by atoms with Crippen molar-refractivity contribution in [2.75, 3.05) is 26.2 Å². The molecular weight excluding hydrogens is 408 g/mol. The highest BCUT2D eigenvalue weighted by Gasteiger charge is 2.28. The van der Waals surface area contributed by atoms with E-state index in [9.17, 15) is 8.42 Å². The lowest BCUT2D eigenvalue weighted by Crippen LogP contribution is -2.48. The Morgan fingerprint density at radius 2 is 1.59 bits per heavy atom. The molecule has 1 fully saturated rings. The van der Waals surface area contributed by atoms with Crippen LogP contribution in [0.1, 0.15) is 5.56 Å². The van der Waals surface area contributed by atoms with Gasteiger partial charge in [-0.2, -0.15) is 8.99 Å². The van der Waals surface area contributed by atoms with Crippen LogP contribution < -0.4 is 0 Å². The molecule has 4 rings (SSSR count). The van der Waals surface area contributed by atoms with Crippen LogP contribution in [0.2, 0.25) is 0 Å². The van der Waals surface area contributed by atoms with E-state index in [-0.39, 0.29) is 0 Å². The predicted molar refractivity (Wildman–Crippen MR) is 112 cm³/mol. The molecule has 0 spiro atoms. The molecule has 152 valence electrons. The number of hydrogen-bond donors (Lipinski definition) is 0. The molecule has 0 atom stereocenters. The van der Waals surface area contributed by atoms with Gasteiger partial charge in [0.1, 0.15) is 0 Å². The third-order valence-electron chi connectivity index (χ3n) is 4.96. The second-order valence-electron chi connectivity index (χ2n) is 6.98. The lowest BCUT2D eigenvalue weighted by molar-refractivity contribution is 0.144. The van der Waals surface area contributed by atoms with Gasteiger partial charge in [-0.1, -0.05) is 35.9 Å². The quantitative estimate of drug-likeness (QED) is 0.577. The molecule has 0 unspecified atom stereocenters. The maximum absolute atomic E-state index is 12.8. The predicted octanol–water partition coefficient (Wildman–Crippen LogP) is 2.07. The molecule has 2 heterocycles. The Hall–Kier alpha value is -2.40. The van der Waals surface area contributed by atoms with Gasteiger partial charge >= 0.3 is 0 Å². The van der Waals surface area contributed by atoms with Gasteiger partial charge in [0.15, 0.2) is 0 Å². The zero-order valence-corrected chi connectivity index (χ0v) is 17.7. The summed E-state index contributed by atoms with van der Waals surface area (Å²) >= 11 is 5.50. The summed E-state index contributed by atoms with van der Waals surface area (Å²) in [5, 5.41) is 8.31. The molecule has 1 aliphatic rings. The van der Waals surface area contributed by atoms with Crippen molar-refractivity contribution in [2.24, 2.45) is 0 Å². The van der Waals surface area contributed by atoms with E-state index >= 15 is 0 Å². The van der Waals surface area contributed by atoms with Gasteiger partial charge in [0, 0.05) is 26.2 Å². The SMILES string of the molecule is Cc1ccc(S(=O)(=O)N2CCN(Cn3nnn(-c4ccccc4)c3=S)CC2)cc1. The number of sulfonamides is 1. The zero-order valence-electron chi connectivity index (χ0n) is 16.0. The number of hydrogen-bond acceptors (Lipinski definition) is 6. The second kappa shape index (κ2) is 8.15. The van der Waals surface area contributed by atoms with Crippen molar-refractivity contribution < 1.29 is 8.42 Å². The molecule has 1 aliphatic heterocycles. The fourth-order valence-corrected chi connectivity index (χ4v) is 4.91. The van der Waals surface area contributed by atoms with E-state index in [0.717, 1.165) is 11.3 Å². The molecule has 1 saturated heterocycles. The molecule has 2 aromatic carbocycles. The Balaban J connectivity index is 1.41. The fraction of sp³-hybridized carbons (Fsp3) is 0.316. The summed E-state index contributed by atoms with van der Waals surface area (Å²) in [4.78, 5) is 2.46. The molecule has 10 heteroatoms. The number of nitrogens with zero attached hydrogens (tertiary/aromatic N) is 6. The van der Waals surface area contributed by atoms with Crippen molar-refractivity contribution in [3.8, 4) is 5.69 Å². The van der Waals surface area contributed by atoms with Crippen LogP contribution >= 0.6 is 12.2 Å². The minimum Gasteiger partial charge on any atom is -0.282 e. The molecule has 3 aromatic rings. The first kappa shape index (κ1) is 19.9. The number of rotatable bonds is 5. The molecular formula is C19H22N6O2S2. The molecule has 1 aromatic heterocycles. The molecule has 0 amide bonds. The van der Waals surface area contributed by atoms with E-state index in [1.165, 1.54) is 4.31 Å². The highest BCUT2D eigenvalue weighted by atomic mass is 32.2. The highest BCUT2D eigenvalue weighted by molar-refractivity contribution is 7.89. The second-order valence-corrected chi connectivity index (χ2v) is 9.29. The van der Waals surface area contributed by atoms with Crippen molar-refractivity contribution in [3.05, 3.63) is 64.9 Å². The average molecular weight is 431 g/mol. The first-order valence-electron chi connectivity index (χ1n) is 9.32. The molecule has 0 N–H and O–H groups in total. The Bertz CT molecular complexity index is 1130. The minimum atomic E-state index is -3.47. The number of tetrazole rings is 1. The van der Waals surface area contributed by atoms with Crippen molar-refractivity contribution in [3.63, 3.8) is 0 Å². The number of aryl methyl sites for hydroxylation is 1. The largest absolute Gasteiger partial charge is 0.282 e. The van der Waals surface area contributed by atoms with Crippen LogP contribution in [0.4, 0.5) is 0 Å². The summed E-state index contributed by atoms with van der Waals surface area (Å²) in [7, 11) is -3.47. The van der Waals surface area contributed by atoms with Gasteiger partial charge in [-0.05, 0) is 53.8 Å². The Morgan fingerprint density at radius 3 is 2.24 bits per heavy atom. The Labute approximate surface area is 175 Å². The lowest BCUT2D eigenvalue weighted by Gasteiger charge is -2.33. The summed E-state index contributed by atoms with van der Waals surface area (Å²) in [6.45, 7) is 4.47. The standard InChI is InChI=1S/C19H22N6O2S2/c1-16-7-9-18(10-8-16)29(26,27)23-13-11-22(12-14-23)15-24-19(28)25(21-20-24)17-5-3-2-4-6-17/h2-10H,11-15H2,1H3. The van der Waals surface area contributed by atoms with Gasteiger partial charge in [-0.25, -0.2) is 13.1 Å². The number of benzene rings is 2. The summed E-state index contributed by atoms with van der Waals surface area (Å²) in [6.07, 6.45) is 0. The van der Waals surface area contributed by atoms with E-state index in [4.69, 9.17) is 12.2 Å².